The topological polar surface area (TPSA) is 163 Å². The quantitative estimate of drug-likeness (QED) is 0.358. The monoisotopic (exact) mass is 395 g/mol. The maximum absolute atomic E-state index is 12.5. The largest absolute Gasteiger partial charge is 0.337 e. The molecule has 0 radical (unpaired) electrons. The third kappa shape index (κ3) is 3.07. The van der Waals surface area contributed by atoms with Crippen LogP contribution < -0.4 is 0 Å². The smallest absolute Gasteiger partial charge is 0.270 e. The summed E-state index contributed by atoms with van der Waals surface area (Å²) in [6.45, 7) is -0.319. The van der Waals surface area contributed by atoms with Crippen molar-refractivity contribution >= 4 is 23.2 Å². The Balaban J connectivity index is 1.56. The molecule has 0 unspecified atom stereocenters. The summed E-state index contributed by atoms with van der Waals surface area (Å²) in [6, 6.07) is 8.86. The van der Waals surface area contributed by atoms with Gasteiger partial charge in [0, 0.05) is 29.8 Å². The first kappa shape index (κ1) is 17.9. The van der Waals surface area contributed by atoms with Crippen LogP contribution in [0, 0.1) is 20.2 Å². The number of carbonyl (C=O) groups is 2. The normalized spacial score (nSPS) is 12.9. The first-order valence-corrected chi connectivity index (χ1v) is 8.07. The number of nitro groups is 2. The van der Waals surface area contributed by atoms with E-state index >= 15 is 0 Å². The van der Waals surface area contributed by atoms with Crippen molar-refractivity contribution in [2.45, 2.75) is 6.54 Å². The van der Waals surface area contributed by atoms with Gasteiger partial charge in [0.2, 0.25) is 11.7 Å². The molecule has 0 atom stereocenters. The fraction of sp³-hybridized carbons (Fsp3) is 0.0588. The molecule has 0 aliphatic carbocycles. The molecule has 0 bridgehead atoms. The van der Waals surface area contributed by atoms with Crippen molar-refractivity contribution in [2.24, 2.45) is 0 Å². The Morgan fingerprint density at radius 1 is 0.897 bits per heavy atom. The van der Waals surface area contributed by atoms with Crippen molar-refractivity contribution < 1.29 is 24.0 Å². The van der Waals surface area contributed by atoms with E-state index in [-0.39, 0.29) is 40.8 Å². The van der Waals surface area contributed by atoms with E-state index < -0.39 is 21.7 Å². The molecule has 1 aliphatic heterocycles. The third-order valence-corrected chi connectivity index (χ3v) is 4.26. The number of carbonyl (C=O) groups excluding carboxylic acids is 2. The van der Waals surface area contributed by atoms with Gasteiger partial charge in [-0.15, -0.1) is 0 Å². The number of benzene rings is 2. The van der Waals surface area contributed by atoms with E-state index in [0.29, 0.717) is 5.56 Å². The standard InChI is InChI=1S/C17H9N5O7/c23-16-12-6-5-11(22(27)28)7-13(12)17(24)20(16)8-14-18-15(19-29-14)9-1-3-10(4-2-9)21(25)26/h1-7H,8H2. The minimum atomic E-state index is -0.705. The van der Waals surface area contributed by atoms with Crippen LogP contribution in [0.25, 0.3) is 11.4 Å². The van der Waals surface area contributed by atoms with E-state index in [1.54, 1.807) is 0 Å². The van der Waals surface area contributed by atoms with Gasteiger partial charge in [0.05, 0.1) is 21.0 Å². The lowest BCUT2D eigenvalue weighted by Gasteiger charge is -2.09. The zero-order valence-corrected chi connectivity index (χ0v) is 14.3. The van der Waals surface area contributed by atoms with Crippen molar-refractivity contribution in [1.82, 2.24) is 15.0 Å². The van der Waals surface area contributed by atoms with Crippen LogP contribution >= 0.6 is 0 Å². The highest BCUT2D eigenvalue weighted by atomic mass is 16.6. The summed E-state index contributed by atoms with van der Waals surface area (Å²) >= 11 is 0. The summed E-state index contributed by atoms with van der Waals surface area (Å²) < 4.78 is 5.07. The number of fused-ring (bicyclic) bond motifs is 1. The number of imide groups is 1. The molecule has 0 spiro atoms. The van der Waals surface area contributed by atoms with Crippen LogP contribution in [0.5, 0.6) is 0 Å². The van der Waals surface area contributed by atoms with Crippen LogP contribution in [0.15, 0.2) is 47.0 Å². The Morgan fingerprint density at radius 3 is 2.17 bits per heavy atom. The predicted molar refractivity (Wildman–Crippen MR) is 93.7 cm³/mol. The van der Waals surface area contributed by atoms with Gasteiger partial charge < -0.3 is 4.52 Å². The molecule has 144 valence electrons. The lowest BCUT2D eigenvalue weighted by Crippen LogP contribution is -2.29. The molecule has 4 rings (SSSR count). The van der Waals surface area contributed by atoms with E-state index in [1.807, 2.05) is 0 Å². The average Bonchev–Trinajstić information content (AvgIpc) is 3.27. The molecule has 2 amide bonds. The molecule has 0 fully saturated rings. The van der Waals surface area contributed by atoms with Crippen molar-refractivity contribution in [3.05, 3.63) is 79.7 Å². The Kier molecular flexibility index (Phi) is 4.07. The predicted octanol–water partition coefficient (Wildman–Crippen LogP) is 2.35. The van der Waals surface area contributed by atoms with E-state index in [0.717, 1.165) is 17.0 Å². The fourth-order valence-corrected chi connectivity index (χ4v) is 2.84. The Bertz CT molecular complexity index is 1190. The summed E-state index contributed by atoms with van der Waals surface area (Å²) in [6.07, 6.45) is 0. The number of hydrogen-bond donors (Lipinski definition) is 0. The summed E-state index contributed by atoms with van der Waals surface area (Å²) in [5.74, 6) is -1.25. The lowest BCUT2D eigenvalue weighted by molar-refractivity contribution is -0.385. The molecule has 0 saturated carbocycles. The molecular formula is C17H9N5O7. The average molecular weight is 395 g/mol. The molecule has 29 heavy (non-hydrogen) atoms. The van der Waals surface area contributed by atoms with Crippen LogP contribution in [-0.2, 0) is 6.54 Å². The highest BCUT2D eigenvalue weighted by molar-refractivity contribution is 6.21. The molecule has 12 nitrogen and oxygen atoms in total. The highest BCUT2D eigenvalue weighted by Crippen LogP contribution is 2.28. The molecule has 1 aliphatic rings. The minimum absolute atomic E-state index is 0.0395. The second-order valence-electron chi connectivity index (χ2n) is 6.00. The first-order valence-electron chi connectivity index (χ1n) is 8.07. The maximum atomic E-state index is 12.5. The van der Waals surface area contributed by atoms with E-state index in [4.69, 9.17) is 4.52 Å². The minimum Gasteiger partial charge on any atom is -0.337 e. The molecule has 2 heterocycles. The molecule has 12 heteroatoms. The Morgan fingerprint density at radius 2 is 1.52 bits per heavy atom. The molecule has 0 saturated heterocycles. The van der Waals surface area contributed by atoms with Gasteiger partial charge in [-0.1, -0.05) is 5.16 Å². The highest BCUT2D eigenvalue weighted by Gasteiger charge is 2.37. The zero-order valence-electron chi connectivity index (χ0n) is 14.3. The van der Waals surface area contributed by atoms with Gasteiger partial charge in [0.15, 0.2) is 0 Å². The van der Waals surface area contributed by atoms with Gasteiger partial charge in [-0.25, -0.2) is 0 Å². The summed E-state index contributed by atoms with van der Waals surface area (Å²) in [5, 5.41) is 25.3. The first-order chi connectivity index (χ1) is 13.8. The lowest BCUT2D eigenvalue weighted by atomic mass is 10.1. The second-order valence-corrected chi connectivity index (χ2v) is 6.00. The maximum Gasteiger partial charge on any atom is 0.270 e. The van der Waals surface area contributed by atoms with Crippen LogP contribution in [0.4, 0.5) is 11.4 Å². The molecule has 2 aromatic carbocycles. The van der Waals surface area contributed by atoms with Crippen LogP contribution in [0.1, 0.15) is 26.6 Å². The number of nitrogens with zero attached hydrogens (tertiary/aromatic N) is 5. The molecule has 1 aromatic heterocycles. The van der Waals surface area contributed by atoms with Crippen LogP contribution in [-0.4, -0.2) is 36.7 Å². The van der Waals surface area contributed by atoms with Gasteiger partial charge in [-0.05, 0) is 18.2 Å². The molecular weight excluding hydrogens is 386 g/mol. The van der Waals surface area contributed by atoms with Crippen LogP contribution in [0.2, 0.25) is 0 Å². The number of aromatic nitrogens is 2. The van der Waals surface area contributed by atoms with Gasteiger partial charge in [-0.3, -0.25) is 34.7 Å². The van der Waals surface area contributed by atoms with Gasteiger partial charge in [0.1, 0.15) is 6.54 Å². The zero-order chi connectivity index (χ0) is 20.7. The summed E-state index contributed by atoms with van der Waals surface area (Å²) in [7, 11) is 0. The second kappa shape index (κ2) is 6.60. The number of rotatable bonds is 5. The Labute approximate surface area is 160 Å². The van der Waals surface area contributed by atoms with Gasteiger partial charge in [0.25, 0.3) is 23.2 Å². The van der Waals surface area contributed by atoms with Crippen molar-refractivity contribution in [2.75, 3.05) is 0 Å². The molecule has 0 N–H and O–H groups in total. The number of hydrogen-bond acceptors (Lipinski definition) is 9. The van der Waals surface area contributed by atoms with Crippen molar-refractivity contribution in [3.63, 3.8) is 0 Å². The van der Waals surface area contributed by atoms with E-state index in [9.17, 15) is 29.8 Å². The molecule has 3 aromatic rings. The number of nitro benzene ring substituents is 2. The SMILES string of the molecule is O=C1c2ccc([N+](=O)[O-])cc2C(=O)N1Cc1nc(-c2ccc([N+](=O)[O-])cc2)no1. The van der Waals surface area contributed by atoms with Gasteiger partial charge in [-0.2, -0.15) is 4.98 Å². The fourth-order valence-electron chi connectivity index (χ4n) is 2.84. The van der Waals surface area contributed by atoms with Crippen molar-refractivity contribution in [3.8, 4) is 11.4 Å². The van der Waals surface area contributed by atoms with Crippen LogP contribution in [0.3, 0.4) is 0 Å². The van der Waals surface area contributed by atoms with E-state index in [1.165, 1.54) is 30.3 Å². The Hall–Kier alpha value is -4.48. The van der Waals surface area contributed by atoms with Gasteiger partial charge >= 0.3 is 0 Å². The van der Waals surface area contributed by atoms with Crippen molar-refractivity contribution in [1.29, 1.82) is 0 Å². The third-order valence-electron chi connectivity index (χ3n) is 4.26. The summed E-state index contributed by atoms with van der Waals surface area (Å²) in [4.78, 5) is 50.3. The van der Waals surface area contributed by atoms with E-state index in [2.05, 4.69) is 10.1 Å². The number of amides is 2. The summed E-state index contributed by atoms with van der Waals surface area (Å²) in [5.41, 5.74) is 0.0289. The number of non-ortho nitro benzene ring substituents is 2.